The summed E-state index contributed by atoms with van der Waals surface area (Å²) >= 11 is 2.65. The van der Waals surface area contributed by atoms with Crippen LogP contribution in [0.15, 0.2) is 156 Å². The van der Waals surface area contributed by atoms with Crippen molar-refractivity contribution in [2.24, 2.45) is 0 Å². The summed E-state index contributed by atoms with van der Waals surface area (Å²) in [5.74, 6) is -2.22. The number of ether oxygens (including phenoxy) is 10. The number of hydrogen-bond acceptors (Lipinski definition) is 22. The normalized spacial score (nSPS) is 22.7. The van der Waals surface area contributed by atoms with Gasteiger partial charge in [-0.15, -0.1) is 22.7 Å². The number of epoxide rings is 8. The highest BCUT2D eigenvalue weighted by molar-refractivity contribution is 7.10. The topological polar surface area (TPSA) is 265 Å². The van der Waals surface area contributed by atoms with E-state index in [1.54, 1.807) is 12.1 Å². The van der Waals surface area contributed by atoms with Crippen molar-refractivity contribution in [1.29, 1.82) is 0 Å². The predicted octanol–water partition coefficient (Wildman–Crippen LogP) is 17.7. The van der Waals surface area contributed by atoms with Crippen LogP contribution in [0, 0.1) is 0 Å². The summed E-state index contributed by atoms with van der Waals surface area (Å²) < 4.78 is 62.3. The number of rotatable bonds is 44. The zero-order valence-electron chi connectivity index (χ0n) is 81.6. The molecular weight excluding hydrogens is 1800 g/mol. The molecule has 24 nitrogen and oxygen atoms in total. The molecule has 2 aromatic heterocycles. The van der Waals surface area contributed by atoms with Gasteiger partial charge in [-0.2, -0.15) is 0 Å². The number of hydrogen-bond donors (Lipinski definition) is 2. The largest absolute Gasteiger partial charge is 0.457 e. The summed E-state index contributed by atoms with van der Waals surface area (Å²) in [4.78, 5) is 114. The van der Waals surface area contributed by atoms with E-state index in [2.05, 4.69) is 158 Å². The van der Waals surface area contributed by atoms with Gasteiger partial charge in [-0.05, 0) is 171 Å². The summed E-state index contributed by atoms with van der Waals surface area (Å²) in [5, 5.41) is 14.5. The van der Waals surface area contributed by atoms with Crippen LogP contribution in [0.25, 0.3) is 43.1 Å². The third-order valence-electron chi connectivity index (χ3n) is 31.1. The predicted molar refractivity (Wildman–Crippen MR) is 540 cm³/mol. The van der Waals surface area contributed by atoms with Crippen LogP contribution in [0.2, 0.25) is 0 Å². The van der Waals surface area contributed by atoms with E-state index in [-0.39, 0.29) is 129 Å². The zero-order valence-corrected chi connectivity index (χ0v) is 83.2. The number of thiophene rings is 2. The van der Waals surface area contributed by atoms with Crippen molar-refractivity contribution in [3.8, 4) is 23.0 Å². The van der Waals surface area contributed by atoms with Crippen LogP contribution in [0.1, 0.15) is 227 Å². The second-order valence-corrected chi connectivity index (χ2v) is 46.4. The summed E-state index contributed by atoms with van der Waals surface area (Å²) in [5.41, 5.74) is 6.72. The Morgan fingerprint density at radius 2 is 0.614 bits per heavy atom. The highest BCUT2D eigenvalue weighted by Crippen LogP contribution is 2.57. The van der Waals surface area contributed by atoms with E-state index in [1.807, 2.05) is 71.4 Å². The van der Waals surface area contributed by atoms with Gasteiger partial charge in [-0.3, -0.25) is 58.2 Å². The van der Waals surface area contributed by atoms with Crippen LogP contribution in [-0.2, 0) is 82.0 Å². The zero-order chi connectivity index (χ0) is 95.8. The average molecular weight is 1930 g/mol. The molecule has 140 heavy (non-hydrogen) atoms. The molecule has 0 spiro atoms. The van der Waals surface area contributed by atoms with Crippen LogP contribution < -0.4 is 20.1 Å². The fourth-order valence-corrected chi connectivity index (χ4v) is 24.9. The second kappa shape index (κ2) is 38.0. The molecule has 11 aromatic rings. The Bertz CT molecular complexity index is 5750. The van der Waals surface area contributed by atoms with E-state index in [1.165, 1.54) is 32.5 Å². The van der Waals surface area contributed by atoms with E-state index in [0.29, 0.717) is 75.5 Å². The molecule has 2 N–H and O–H groups in total. The average Bonchev–Trinajstić information content (AvgIpc) is 0.766. The number of nitrogens with one attached hydrogen (secondary N) is 2. The minimum absolute atomic E-state index is 0.119. The molecule has 732 valence electrons. The van der Waals surface area contributed by atoms with Crippen molar-refractivity contribution in [2.45, 2.75) is 227 Å². The SMILES string of the molecule is CC(C)(CN(CC1CO1)CC1CO1)c1ccc(Cc2cc3c4c(cc(Cc5ccc(C(C)(C)CN(CC6CO6)CC6CO6)cc5)c5c6c(Oc7ccc(C(C)(C)CN(CC8CO8)CC8CO8)cc7)cc7c8c(cc(Oc9ccc(C(C)(C)CN(CC%10CO%10)CC%10CO%10)cc9)c(c2c45)c86)C(=O)N(C(C(=O)NC2CCCCC2)c2cccs2)C7=O)C(=O)N(C(C(=O)NC2CCCCC2)c2cccs2)C3=O)cc1. The van der Waals surface area contributed by atoms with Gasteiger partial charge in [0.25, 0.3) is 23.6 Å². The standard InChI is InChI=1S/C114H128N8O16S2/c1-111(2,63-117(47-79-55-129-79)48-80-56-130-80)71-27-23-67(24-28-71)41-69-43-87-97-88(108(126)121(107(87)125)103(93-21-15-39-139-93)105(123)115-75-17-11-9-12-18-75)44-70(42-68-25-29-72(30-26-68)112(3,4)64-118(49-81-57-131-81)50-82-58-132-82)96-100-92(138-78-37-33-74(34-38-78)114(7,8)66-120(53-85-61-135-85)54-86-62-136-86)46-90-98-89(109(127)122(110(90)128)104(94-22-16-40-140-94)106(124)116-76-19-13-10-14-20-76)45-91(99(102(98)100)95(69)101(96)97)137-77-35-31-73(32-36-77)113(5,6)65-119(51-83-59-133-83)52-84-60-134-84/h15-16,21-40,43-46,75-76,79-86,103-104H,9-14,17-20,41-42,47-66H2,1-8H3,(H,115,123)(H,116,124). The molecule has 12 heterocycles. The second-order valence-electron chi connectivity index (χ2n) is 44.4. The lowest BCUT2D eigenvalue weighted by molar-refractivity contribution is -0.126. The van der Waals surface area contributed by atoms with Crippen molar-refractivity contribution >= 4 is 101 Å². The number of carbonyl (C=O) groups is 6. The molecule has 0 radical (unpaired) electrons. The molecule has 23 rings (SSSR count). The Balaban J connectivity index is 0.775. The summed E-state index contributed by atoms with van der Waals surface area (Å²) in [6.07, 6.45) is 10.7. The van der Waals surface area contributed by atoms with Gasteiger partial charge in [0.15, 0.2) is 12.1 Å². The van der Waals surface area contributed by atoms with Gasteiger partial charge >= 0.3 is 0 Å². The monoisotopic (exact) mass is 1930 g/mol. The quantitative estimate of drug-likeness (QED) is 0.0155. The summed E-state index contributed by atoms with van der Waals surface area (Å²) in [7, 11) is 0. The molecule has 10 atom stereocenters. The molecular formula is C114H128N8O16S2. The fraction of sp³-hybridized carbons (Fsp3) is 0.491. The molecule has 9 aromatic carbocycles. The number of benzene rings is 9. The fourth-order valence-electron chi connectivity index (χ4n) is 23.3. The van der Waals surface area contributed by atoms with Crippen molar-refractivity contribution < 1.29 is 76.1 Å². The van der Waals surface area contributed by atoms with Gasteiger partial charge in [0.2, 0.25) is 11.8 Å². The molecule has 10 unspecified atom stereocenters. The van der Waals surface area contributed by atoms with Crippen LogP contribution in [0.3, 0.4) is 0 Å². The van der Waals surface area contributed by atoms with Crippen LogP contribution in [0.4, 0.5) is 0 Å². The molecule has 0 bridgehead atoms. The Morgan fingerprint density at radius 1 is 0.350 bits per heavy atom. The van der Waals surface area contributed by atoms with Crippen molar-refractivity contribution in [2.75, 3.05) is 131 Å². The smallest absolute Gasteiger partial charge is 0.262 e. The third kappa shape index (κ3) is 20.2. The van der Waals surface area contributed by atoms with E-state index in [0.717, 1.165) is 229 Å². The highest BCUT2D eigenvalue weighted by atomic mass is 32.1. The summed E-state index contributed by atoms with van der Waals surface area (Å²) in [6, 6.07) is 45.7. The first-order chi connectivity index (χ1) is 67.7. The maximum Gasteiger partial charge on any atom is 0.262 e. The summed E-state index contributed by atoms with van der Waals surface area (Å²) in [6.45, 7) is 33.4. The van der Waals surface area contributed by atoms with Crippen molar-refractivity contribution in [1.82, 2.24) is 40.0 Å². The molecule has 2 saturated carbocycles. The number of imide groups is 2. The Morgan fingerprint density at radius 3 is 0.879 bits per heavy atom. The minimum atomic E-state index is -1.40. The molecule has 12 aliphatic rings. The van der Waals surface area contributed by atoms with Gasteiger partial charge < -0.3 is 58.0 Å². The van der Waals surface area contributed by atoms with Gasteiger partial charge in [0.1, 0.15) is 23.0 Å². The first kappa shape index (κ1) is 93.7. The number of fused-ring (bicyclic) bond motifs is 2. The van der Waals surface area contributed by atoms with Crippen LogP contribution in [-0.4, -0.2) is 257 Å². The van der Waals surface area contributed by atoms with Gasteiger partial charge in [-0.1, -0.05) is 179 Å². The molecule has 6 amide bonds. The lowest BCUT2D eigenvalue weighted by atomic mass is 9.77. The molecule has 8 saturated heterocycles. The molecule has 10 fully saturated rings. The van der Waals surface area contributed by atoms with Gasteiger partial charge in [0, 0.05) is 160 Å². The number of carbonyl (C=O) groups excluding carboxylic acids is 6. The Hall–Kier alpha value is -9.98. The van der Waals surface area contributed by atoms with Crippen LogP contribution >= 0.6 is 22.7 Å². The van der Waals surface area contributed by atoms with Gasteiger partial charge in [0.05, 0.1) is 113 Å². The molecule has 10 aliphatic heterocycles. The minimum Gasteiger partial charge on any atom is -0.457 e. The van der Waals surface area contributed by atoms with E-state index in [4.69, 9.17) is 47.4 Å². The lowest BCUT2D eigenvalue weighted by Gasteiger charge is -2.36. The lowest BCUT2D eigenvalue weighted by Crippen LogP contribution is -2.50. The highest BCUT2D eigenvalue weighted by Gasteiger charge is 2.50. The number of amides is 6. The first-order valence-electron chi connectivity index (χ1n) is 51.1. The maximum absolute atomic E-state index is 17.3. The van der Waals surface area contributed by atoms with Crippen molar-refractivity contribution in [3.05, 3.63) is 233 Å². The van der Waals surface area contributed by atoms with E-state index >= 15 is 28.8 Å². The van der Waals surface area contributed by atoms with Gasteiger partial charge in [-0.25, -0.2) is 0 Å². The first-order valence-corrected chi connectivity index (χ1v) is 52.8. The third-order valence-corrected chi connectivity index (χ3v) is 33.0. The van der Waals surface area contributed by atoms with Crippen molar-refractivity contribution in [3.63, 3.8) is 0 Å². The van der Waals surface area contributed by atoms with Crippen LogP contribution in [0.5, 0.6) is 23.0 Å². The maximum atomic E-state index is 17.3. The van der Waals surface area contributed by atoms with E-state index < -0.39 is 47.5 Å². The van der Waals surface area contributed by atoms with E-state index in [9.17, 15) is 0 Å². The number of nitrogens with zero attached hydrogens (tertiary/aromatic N) is 6. The molecule has 26 heteroatoms. The Labute approximate surface area is 826 Å². The molecule has 2 aliphatic carbocycles. The Kier molecular flexibility index (Phi) is 25.4.